The van der Waals surface area contributed by atoms with E-state index in [1.807, 2.05) is 72.8 Å². The number of hydrogen-bond donors (Lipinski definition) is 4. The smallest absolute Gasteiger partial charge is 0.326 e. The summed E-state index contributed by atoms with van der Waals surface area (Å²) in [4.78, 5) is 53.2. The number of ether oxygens (including phenoxy) is 4. The molecule has 68 heavy (non-hydrogen) atoms. The second-order valence-electron chi connectivity index (χ2n) is 16.7. The maximum absolute atomic E-state index is 13.5. The number of anilines is 2. The fraction of sp³-hybridized carbons (Fsp3) is 0.286. The highest BCUT2D eigenvalue weighted by Gasteiger charge is 2.24. The zero-order valence-electron chi connectivity index (χ0n) is 39.3. The molecule has 6 aromatic carbocycles. The van der Waals surface area contributed by atoms with Crippen LogP contribution in [0, 0.1) is 0 Å². The van der Waals surface area contributed by atoms with Gasteiger partial charge in [-0.15, -0.1) is 0 Å². The molecule has 0 unspecified atom stereocenters. The van der Waals surface area contributed by atoms with Crippen LogP contribution in [-0.2, 0) is 25.7 Å². The lowest BCUT2D eigenvalue weighted by Crippen LogP contribution is -2.34. The first-order chi connectivity index (χ1) is 33.2. The molecule has 0 heterocycles. The molecule has 12 nitrogen and oxygen atoms in total. The van der Waals surface area contributed by atoms with Gasteiger partial charge in [-0.1, -0.05) is 100 Å². The summed E-state index contributed by atoms with van der Waals surface area (Å²) in [5.74, 6) is 1.78. The summed E-state index contributed by atoms with van der Waals surface area (Å²) in [6.07, 6.45) is 4.58. The lowest BCUT2D eigenvalue weighted by atomic mass is 9.90. The van der Waals surface area contributed by atoms with Crippen LogP contribution >= 0.6 is 0 Å². The maximum Gasteiger partial charge on any atom is 0.326 e. The number of urea groups is 2. The van der Waals surface area contributed by atoms with Crippen LogP contribution < -0.4 is 40.2 Å². The van der Waals surface area contributed by atoms with E-state index < -0.39 is 23.9 Å². The molecule has 0 spiro atoms. The van der Waals surface area contributed by atoms with Crippen molar-refractivity contribution in [1.82, 2.24) is 10.6 Å². The minimum Gasteiger partial charge on any atom is -0.493 e. The van der Waals surface area contributed by atoms with Crippen LogP contribution in [0.1, 0.15) is 119 Å². The van der Waals surface area contributed by atoms with Gasteiger partial charge >= 0.3 is 12.1 Å². The maximum atomic E-state index is 13.5. The topological polar surface area (TPSA) is 153 Å². The summed E-state index contributed by atoms with van der Waals surface area (Å²) in [6.45, 7) is 10.1. The molecule has 0 radical (unpaired) electrons. The first-order valence-electron chi connectivity index (χ1n) is 23.6. The van der Waals surface area contributed by atoms with Gasteiger partial charge in [-0.25, -0.2) is 9.59 Å². The highest BCUT2D eigenvalue weighted by Crippen LogP contribution is 2.41. The van der Waals surface area contributed by atoms with Crippen molar-refractivity contribution >= 4 is 35.3 Å². The number of fused-ring (bicyclic) bond motifs is 8. The predicted octanol–water partition coefficient (Wildman–Crippen LogP) is 11.4. The van der Waals surface area contributed by atoms with E-state index in [2.05, 4.69) is 49.0 Å². The van der Waals surface area contributed by atoms with Crippen LogP contribution in [-0.4, -0.2) is 50.3 Å². The van der Waals surface area contributed by atoms with Crippen LogP contribution in [0.15, 0.2) is 121 Å². The summed E-state index contributed by atoms with van der Waals surface area (Å²) in [7, 11) is 0. The molecule has 6 amide bonds. The van der Waals surface area contributed by atoms with Gasteiger partial charge in [-0.3, -0.25) is 20.2 Å². The van der Waals surface area contributed by atoms with Gasteiger partial charge in [0, 0.05) is 70.4 Å². The van der Waals surface area contributed by atoms with Crippen molar-refractivity contribution in [2.75, 3.05) is 37.1 Å². The third-order valence-electron chi connectivity index (χ3n) is 11.2. The van der Waals surface area contributed by atoms with E-state index in [1.54, 1.807) is 48.5 Å². The van der Waals surface area contributed by atoms with Gasteiger partial charge in [-0.2, -0.15) is 0 Å². The summed E-state index contributed by atoms with van der Waals surface area (Å²) in [5.41, 5.74) is 8.55. The van der Waals surface area contributed by atoms with Gasteiger partial charge < -0.3 is 29.6 Å². The van der Waals surface area contributed by atoms with Crippen molar-refractivity contribution in [3.63, 3.8) is 0 Å². The third kappa shape index (κ3) is 12.4. The molecule has 4 N–H and O–H groups in total. The average Bonchev–Trinajstić information content (AvgIpc) is 3.33. The molecule has 7 rings (SSSR count). The lowest BCUT2D eigenvalue weighted by Gasteiger charge is -2.24. The highest BCUT2D eigenvalue weighted by atomic mass is 16.5. The molecule has 8 bridgehead atoms. The Morgan fingerprint density at radius 1 is 0.382 bits per heavy atom. The minimum atomic E-state index is -0.667. The van der Waals surface area contributed by atoms with Crippen LogP contribution in [0.4, 0.5) is 21.0 Å². The van der Waals surface area contributed by atoms with Gasteiger partial charge in [-0.05, 0) is 96.5 Å². The number of nitrogens with one attached hydrogen (secondary N) is 4. The Labute approximate surface area is 398 Å². The van der Waals surface area contributed by atoms with Crippen LogP contribution in [0.3, 0.4) is 0 Å². The summed E-state index contributed by atoms with van der Waals surface area (Å²) >= 11 is 0. The van der Waals surface area contributed by atoms with E-state index in [9.17, 15) is 19.2 Å². The van der Waals surface area contributed by atoms with Crippen molar-refractivity contribution < 1.29 is 38.1 Å². The minimum absolute atomic E-state index is 0.364. The zero-order valence-corrected chi connectivity index (χ0v) is 39.3. The van der Waals surface area contributed by atoms with E-state index in [4.69, 9.17) is 18.9 Å². The number of benzene rings is 6. The Morgan fingerprint density at radius 2 is 0.662 bits per heavy atom. The molecule has 0 fully saturated rings. The van der Waals surface area contributed by atoms with E-state index >= 15 is 0 Å². The number of rotatable bonds is 16. The number of para-hydroxylation sites is 2. The second kappa shape index (κ2) is 23.7. The average molecular weight is 917 g/mol. The van der Waals surface area contributed by atoms with Crippen molar-refractivity contribution in [3.05, 3.63) is 177 Å². The molecule has 1 aliphatic carbocycles. The molecule has 0 atom stereocenters. The van der Waals surface area contributed by atoms with E-state index in [1.165, 1.54) is 0 Å². The molecule has 0 saturated heterocycles. The van der Waals surface area contributed by atoms with Crippen LogP contribution in [0.2, 0.25) is 0 Å². The SMILES string of the molecule is CCCOc1c2cccc1Cc1cc(NC(=O)NC(=O)c3ccccc3)cc(c1OCCC)Cc1cccc(c1OCCC)Cc1cc(NC(=O)NC(=O)c3ccccc3)cc(c1OCCC)C2. The Balaban J connectivity index is 1.39. The molecule has 0 aliphatic heterocycles. The normalized spacial score (nSPS) is 11.7. The summed E-state index contributed by atoms with van der Waals surface area (Å²) in [6, 6.07) is 35.6. The molecule has 1 aliphatic rings. The van der Waals surface area contributed by atoms with Crippen molar-refractivity contribution in [1.29, 1.82) is 0 Å². The monoisotopic (exact) mass is 916 g/mol. The van der Waals surface area contributed by atoms with E-state index in [0.717, 1.165) is 70.2 Å². The first kappa shape index (κ1) is 48.3. The summed E-state index contributed by atoms with van der Waals surface area (Å²) < 4.78 is 26.7. The predicted molar refractivity (Wildman–Crippen MR) is 266 cm³/mol. The highest BCUT2D eigenvalue weighted by molar-refractivity contribution is 6.08. The molecule has 12 heteroatoms. The van der Waals surface area contributed by atoms with Crippen molar-refractivity contribution in [3.8, 4) is 23.0 Å². The Bertz CT molecular complexity index is 2440. The Morgan fingerprint density at radius 3 is 0.941 bits per heavy atom. The van der Waals surface area contributed by atoms with Crippen molar-refractivity contribution in [2.45, 2.75) is 79.1 Å². The van der Waals surface area contributed by atoms with Gasteiger partial charge in [0.25, 0.3) is 11.8 Å². The largest absolute Gasteiger partial charge is 0.493 e. The van der Waals surface area contributed by atoms with Crippen molar-refractivity contribution in [2.24, 2.45) is 0 Å². The number of imide groups is 2. The Hall–Kier alpha value is -7.60. The van der Waals surface area contributed by atoms with Gasteiger partial charge in [0.1, 0.15) is 23.0 Å². The zero-order chi connectivity index (χ0) is 47.8. The lowest BCUT2D eigenvalue weighted by molar-refractivity contribution is 0.0957. The number of amides is 6. The molecular weight excluding hydrogens is 857 g/mol. The number of hydrogen-bond acceptors (Lipinski definition) is 8. The third-order valence-corrected chi connectivity index (χ3v) is 11.2. The first-order valence-corrected chi connectivity index (χ1v) is 23.6. The quantitative estimate of drug-likeness (QED) is 0.0747. The number of carbonyl (C=O) groups is 4. The van der Waals surface area contributed by atoms with Crippen LogP contribution in [0.25, 0.3) is 0 Å². The Kier molecular flexibility index (Phi) is 16.9. The van der Waals surface area contributed by atoms with E-state index in [-0.39, 0.29) is 0 Å². The van der Waals surface area contributed by atoms with Gasteiger partial charge in [0.15, 0.2) is 0 Å². The molecule has 0 aromatic heterocycles. The molecule has 352 valence electrons. The van der Waals surface area contributed by atoms with Gasteiger partial charge in [0.2, 0.25) is 0 Å². The molecule has 0 saturated carbocycles. The second-order valence-corrected chi connectivity index (χ2v) is 16.7. The van der Waals surface area contributed by atoms with Crippen LogP contribution in [0.5, 0.6) is 23.0 Å². The standard InChI is InChI=1S/C56H60N4O8/c1-5-25-65-49-39-21-15-22-40(49)30-44-34-48(58-56(64)60-54(62)38-19-13-10-14-20-38)36-46(52(44)68-28-8-4)32-42-24-16-23-41(50(42)66-26-6-2)31-45-35-47(33-43(29-39)51(45)67-27-7-3)57-55(63)59-53(61)37-17-11-9-12-18-37/h9-24,33-36H,5-8,25-32H2,1-4H3,(H2,57,59,61,63)(H2,58,60,62,64). The fourth-order valence-corrected chi connectivity index (χ4v) is 8.24. The molecular formula is C56H60N4O8. The van der Waals surface area contributed by atoms with Gasteiger partial charge in [0.05, 0.1) is 26.4 Å². The van der Waals surface area contributed by atoms with E-state index in [0.29, 0.717) is 97.6 Å². The fourth-order valence-electron chi connectivity index (χ4n) is 8.24. The number of carbonyl (C=O) groups excluding carboxylic acids is 4. The summed E-state index contributed by atoms with van der Waals surface area (Å²) in [5, 5.41) is 10.9. The molecule has 6 aromatic rings.